The molecule has 9 heteroatoms. The Morgan fingerprint density at radius 2 is 1.71 bits per heavy atom. The van der Waals surface area contributed by atoms with Gasteiger partial charge in [0.1, 0.15) is 5.75 Å². The van der Waals surface area contributed by atoms with E-state index in [0.717, 1.165) is 5.56 Å². The number of para-hydroxylation sites is 1. The van der Waals surface area contributed by atoms with Gasteiger partial charge in [-0.15, -0.1) is 0 Å². The molecule has 0 aromatic heterocycles. The van der Waals surface area contributed by atoms with E-state index in [-0.39, 0.29) is 4.90 Å². The van der Waals surface area contributed by atoms with Crippen molar-refractivity contribution in [2.24, 2.45) is 5.10 Å². The molecule has 3 aromatic rings. The van der Waals surface area contributed by atoms with Crippen LogP contribution in [0.5, 0.6) is 5.75 Å². The van der Waals surface area contributed by atoms with E-state index in [1.165, 1.54) is 54.7 Å². The number of anilines is 1. The van der Waals surface area contributed by atoms with Crippen molar-refractivity contribution in [3.8, 4) is 5.75 Å². The number of halogens is 1. The molecule has 0 saturated heterocycles. The summed E-state index contributed by atoms with van der Waals surface area (Å²) in [7, 11) is -3.76. The van der Waals surface area contributed by atoms with Crippen molar-refractivity contribution in [3.05, 3.63) is 88.9 Å². The normalized spacial score (nSPS) is 11.3. The molecular formula is C22H20ClN3O4S. The number of carbonyl (C=O) groups is 1. The summed E-state index contributed by atoms with van der Waals surface area (Å²) in [4.78, 5) is 12.4. The Kier molecular flexibility index (Phi) is 7.28. The second kappa shape index (κ2) is 10.1. The molecule has 1 amide bonds. The minimum absolute atomic E-state index is 0.0837. The minimum Gasteiger partial charge on any atom is -0.493 e. The van der Waals surface area contributed by atoms with Crippen LogP contribution in [0.3, 0.4) is 0 Å². The van der Waals surface area contributed by atoms with E-state index in [1.54, 1.807) is 0 Å². The zero-order valence-corrected chi connectivity index (χ0v) is 18.2. The predicted molar refractivity (Wildman–Crippen MR) is 121 cm³/mol. The molecule has 0 aliphatic carbocycles. The fourth-order valence-electron chi connectivity index (χ4n) is 2.62. The quantitative estimate of drug-likeness (QED) is 0.389. The van der Waals surface area contributed by atoms with E-state index in [4.69, 9.17) is 16.3 Å². The highest BCUT2D eigenvalue weighted by Crippen LogP contribution is 2.19. The average Bonchev–Trinajstić information content (AvgIpc) is 2.75. The van der Waals surface area contributed by atoms with Crippen molar-refractivity contribution in [1.29, 1.82) is 0 Å². The first-order valence-corrected chi connectivity index (χ1v) is 11.2. The molecule has 2 N–H and O–H groups in total. The molecule has 7 nitrogen and oxygen atoms in total. The summed E-state index contributed by atoms with van der Waals surface area (Å²) >= 11 is 5.79. The second-order valence-corrected chi connectivity index (χ2v) is 8.43. The van der Waals surface area contributed by atoms with Crippen LogP contribution in [0.2, 0.25) is 5.02 Å². The van der Waals surface area contributed by atoms with Crippen LogP contribution >= 0.6 is 11.6 Å². The van der Waals surface area contributed by atoms with Crippen molar-refractivity contribution >= 4 is 39.4 Å². The van der Waals surface area contributed by atoms with Crippen LogP contribution in [0, 0.1) is 0 Å². The molecule has 0 heterocycles. The monoisotopic (exact) mass is 457 g/mol. The van der Waals surface area contributed by atoms with Crippen LogP contribution < -0.4 is 14.9 Å². The SMILES string of the molecule is CCOc1ccccc1/C=N/NC(=O)c1ccc(NS(=O)(=O)c2ccc(Cl)cc2)cc1. The van der Waals surface area contributed by atoms with Crippen molar-refractivity contribution < 1.29 is 17.9 Å². The van der Waals surface area contributed by atoms with Gasteiger partial charge < -0.3 is 4.74 Å². The summed E-state index contributed by atoms with van der Waals surface area (Å²) in [6.45, 7) is 2.40. The Labute approximate surface area is 185 Å². The van der Waals surface area contributed by atoms with Gasteiger partial charge in [0.2, 0.25) is 0 Å². The molecule has 0 unspecified atom stereocenters. The average molecular weight is 458 g/mol. The van der Waals surface area contributed by atoms with Gasteiger partial charge in [-0.3, -0.25) is 9.52 Å². The molecule has 0 aliphatic heterocycles. The van der Waals surface area contributed by atoms with Gasteiger partial charge in [0, 0.05) is 21.8 Å². The molecule has 160 valence electrons. The van der Waals surface area contributed by atoms with E-state index >= 15 is 0 Å². The molecule has 0 saturated carbocycles. The summed E-state index contributed by atoms with van der Waals surface area (Å²) < 4.78 is 32.8. The number of carbonyl (C=O) groups excluding carboxylic acids is 1. The molecule has 3 rings (SSSR count). The lowest BCUT2D eigenvalue weighted by Crippen LogP contribution is -2.18. The first-order valence-electron chi connectivity index (χ1n) is 9.33. The molecule has 3 aromatic carbocycles. The van der Waals surface area contributed by atoms with E-state index in [2.05, 4.69) is 15.2 Å². The van der Waals surface area contributed by atoms with Gasteiger partial charge >= 0.3 is 0 Å². The van der Waals surface area contributed by atoms with Crippen LogP contribution in [0.4, 0.5) is 5.69 Å². The van der Waals surface area contributed by atoms with E-state index in [9.17, 15) is 13.2 Å². The number of hydrazone groups is 1. The Balaban J connectivity index is 1.63. The lowest BCUT2D eigenvalue weighted by atomic mass is 10.2. The lowest BCUT2D eigenvalue weighted by Gasteiger charge is -2.09. The number of nitrogens with one attached hydrogen (secondary N) is 2. The van der Waals surface area contributed by atoms with Gasteiger partial charge in [0.05, 0.1) is 17.7 Å². The van der Waals surface area contributed by atoms with Gasteiger partial charge in [-0.25, -0.2) is 13.8 Å². The van der Waals surface area contributed by atoms with Crippen LogP contribution in [-0.4, -0.2) is 27.1 Å². The standard InChI is InChI=1S/C22H20ClN3O4S/c1-2-30-21-6-4-3-5-17(21)15-24-25-22(27)16-7-11-19(12-8-16)26-31(28,29)20-13-9-18(23)10-14-20/h3-15,26H,2H2,1H3,(H,25,27)/b24-15+. The smallest absolute Gasteiger partial charge is 0.271 e. The fraction of sp³-hybridized carbons (Fsp3) is 0.0909. The Bertz CT molecular complexity index is 1180. The number of nitrogens with zero attached hydrogens (tertiary/aromatic N) is 1. The zero-order valence-electron chi connectivity index (χ0n) is 16.6. The predicted octanol–water partition coefficient (Wildman–Crippen LogP) is 4.30. The molecule has 0 bridgehead atoms. The lowest BCUT2D eigenvalue weighted by molar-refractivity contribution is 0.0955. The number of hydrogen-bond acceptors (Lipinski definition) is 5. The van der Waals surface area contributed by atoms with Gasteiger partial charge in [-0.2, -0.15) is 5.10 Å². The van der Waals surface area contributed by atoms with E-state index in [0.29, 0.717) is 28.6 Å². The highest BCUT2D eigenvalue weighted by molar-refractivity contribution is 7.92. The summed E-state index contributed by atoms with van der Waals surface area (Å²) in [5.41, 5.74) is 3.82. The zero-order chi connectivity index (χ0) is 22.3. The number of amides is 1. The third-order valence-electron chi connectivity index (χ3n) is 4.11. The second-order valence-electron chi connectivity index (χ2n) is 6.31. The van der Waals surface area contributed by atoms with Gasteiger partial charge in [-0.1, -0.05) is 23.7 Å². The molecule has 0 fully saturated rings. The fourth-order valence-corrected chi connectivity index (χ4v) is 3.80. The van der Waals surface area contributed by atoms with Crippen molar-refractivity contribution in [1.82, 2.24) is 5.43 Å². The van der Waals surface area contributed by atoms with Gasteiger partial charge in [-0.05, 0) is 67.6 Å². The number of rotatable bonds is 8. The molecule has 0 aliphatic rings. The maximum Gasteiger partial charge on any atom is 0.271 e. The van der Waals surface area contributed by atoms with E-state index in [1.807, 2.05) is 31.2 Å². The Morgan fingerprint density at radius 1 is 1.03 bits per heavy atom. The Hall–Kier alpha value is -3.36. The van der Waals surface area contributed by atoms with Crippen LogP contribution in [0.1, 0.15) is 22.8 Å². The number of hydrogen-bond donors (Lipinski definition) is 2. The maximum absolute atomic E-state index is 12.4. The van der Waals surface area contributed by atoms with Gasteiger partial charge in [0.25, 0.3) is 15.9 Å². The summed E-state index contributed by atoms with van der Waals surface area (Å²) in [5.74, 6) is 0.234. The number of benzene rings is 3. The Morgan fingerprint density at radius 3 is 2.39 bits per heavy atom. The van der Waals surface area contributed by atoms with Crippen LogP contribution in [0.15, 0.2) is 82.8 Å². The largest absolute Gasteiger partial charge is 0.493 e. The van der Waals surface area contributed by atoms with Crippen LogP contribution in [-0.2, 0) is 10.0 Å². The topological polar surface area (TPSA) is 96.9 Å². The summed E-state index contributed by atoms with van der Waals surface area (Å²) in [5, 5.41) is 4.41. The van der Waals surface area contributed by atoms with Gasteiger partial charge in [0.15, 0.2) is 0 Å². The first kappa shape index (κ1) is 22.3. The number of sulfonamides is 1. The summed E-state index contributed by atoms with van der Waals surface area (Å²) in [6.07, 6.45) is 1.50. The highest BCUT2D eigenvalue weighted by Gasteiger charge is 2.14. The minimum atomic E-state index is -3.76. The number of ether oxygens (including phenoxy) is 1. The molecule has 31 heavy (non-hydrogen) atoms. The summed E-state index contributed by atoms with van der Waals surface area (Å²) in [6, 6.07) is 19.1. The van der Waals surface area contributed by atoms with E-state index < -0.39 is 15.9 Å². The molecule has 0 spiro atoms. The van der Waals surface area contributed by atoms with Crippen LogP contribution in [0.25, 0.3) is 0 Å². The maximum atomic E-state index is 12.4. The van der Waals surface area contributed by atoms with Crippen molar-refractivity contribution in [2.75, 3.05) is 11.3 Å². The highest BCUT2D eigenvalue weighted by atomic mass is 35.5. The molecule has 0 atom stereocenters. The van der Waals surface area contributed by atoms with Crippen molar-refractivity contribution in [2.45, 2.75) is 11.8 Å². The first-order chi connectivity index (χ1) is 14.9. The third-order valence-corrected chi connectivity index (χ3v) is 5.76. The van der Waals surface area contributed by atoms with Crippen molar-refractivity contribution in [3.63, 3.8) is 0 Å². The molecule has 0 radical (unpaired) electrons. The third kappa shape index (κ3) is 6.07. The molecular weight excluding hydrogens is 438 g/mol.